The second-order valence-corrected chi connectivity index (χ2v) is 7.32. The highest BCUT2D eigenvalue weighted by Crippen LogP contribution is 2.52. The number of rotatable bonds is 2. The number of carbonyl (C=O) groups is 1. The normalized spacial score (nSPS) is 23.6. The van der Waals surface area contributed by atoms with Crippen LogP contribution in [0, 0.1) is 0 Å². The zero-order chi connectivity index (χ0) is 14.4. The lowest BCUT2D eigenvalue weighted by Crippen LogP contribution is -2.44. The molecule has 1 atom stereocenters. The van der Waals surface area contributed by atoms with Crippen molar-refractivity contribution in [3.05, 3.63) is 71.3 Å². The van der Waals surface area contributed by atoms with Gasteiger partial charge in [-0.15, -0.1) is 0 Å². The minimum Gasteiger partial charge on any atom is -0.293 e. The van der Waals surface area contributed by atoms with Crippen LogP contribution in [0.1, 0.15) is 35.3 Å². The molecule has 2 heteroatoms. The van der Waals surface area contributed by atoms with Gasteiger partial charge in [0.25, 0.3) is 0 Å². The molecule has 0 heterocycles. The van der Waals surface area contributed by atoms with E-state index >= 15 is 0 Å². The van der Waals surface area contributed by atoms with Gasteiger partial charge in [0.2, 0.25) is 0 Å². The topological polar surface area (TPSA) is 17.1 Å². The van der Waals surface area contributed by atoms with E-state index in [9.17, 15) is 4.79 Å². The van der Waals surface area contributed by atoms with Gasteiger partial charge in [-0.3, -0.25) is 4.79 Å². The Bertz CT molecular complexity index is 660. The van der Waals surface area contributed by atoms with Crippen LogP contribution in [-0.4, -0.2) is 10.1 Å². The second kappa shape index (κ2) is 4.56. The van der Waals surface area contributed by atoms with Gasteiger partial charge in [0.1, 0.15) is 4.32 Å². The first-order chi connectivity index (χ1) is 9.47. The Hall–Kier alpha value is -1.41. The summed E-state index contributed by atoms with van der Waals surface area (Å²) >= 11 is 3.80. The van der Waals surface area contributed by atoms with Crippen molar-refractivity contribution in [1.82, 2.24) is 0 Å². The molecule has 2 aromatic rings. The Labute approximate surface area is 128 Å². The van der Waals surface area contributed by atoms with Gasteiger partial charge >= 0.3 is 0 Å². The summed E-state index contributed by atoms with van der Waals surface area (Å²) < 4.78 is -0.564. The van der Waals surface area contributed by atoms with Crippen molar-refractivity contribution in [1.29, 1.82) is 0 Å². The Morgan fingerprint density at radius 2 is 1.55 bits per heavy atom. The van der Waals surface area contributed by atoms with E-state index in [0.29, 0.717) is 6.42 Å². The molecule has 20 heavy (non-hydrogen) atoms. The molecule has 0 saturated carbocycles. The van der Waals surface area contributed by atoms with Gasteiger partial charge in [-0.05, 0) is 17.5 Å². The Morgan fingerprint density at radius 1 is 0.950 bits per heavy atom. The predicted molar refractivity (Wildman–Crippen MR) is 85.6 cm³/mol. The van der Waals surface area contributed by atoms with E-state index in [0.717, 1.165) is 11.1 Å². The highest BCUT2D eigenvalue weighted by molar-refractivity contribution is 9.10. The van der Waals surface area contributed by atoms with Gasteiger partial charge in [-0.1, -0.05) is 84.4 Å². The fourth-order valence-corrected chi connectivity index (χ4v) is 3.87. The second-order valence-electron chi connectivity index (χ2n) is 5.96. The van der Waals surface area contributed by atoms with Crippen molar-refractivity contribution < 1.29 is 4.79 Å². The van der Waals surface area contributed by atoms with Crippen molar-refractivity contribution in [2.75, 3.05) is 0 Å². The van der Waals surface area contributed by atoms with Crippen molar-refractivity contribution in [2.24, 2.45) is 0 Å². The number of hydrogen-bond acceptors (Lipinski definition) is 1. The van der Waals surface area contributed by atoms with E-state index in [-0.39, 0.29) is 11.2 Å². The van der Waals surface area contributed by atoms with Crippen LogP contribution in [-0.2, 0) is 11.8 Å². The SMILES string of the molecule is CC1(C)c2ccccc2C(=O)[C@@]1(Br)Cc1ccccc1. The smallest absolute Gasteiger partial charge is 0.181 e. The first-order valence-corrected chi connectivity index (χ1v) is 7.63. The average molecular weight is 329 g/mol. The molecule has 0 aromatic heterocycles. The number of Topliss-reactive ketones (excluding diaryl/α,β-unsaturated/α-hetero) is 1. The van der Waals surface area contributed by atoms with Crippen LogP contribution in [0.5, 0.6) is 0 Å². The van der Waals surface area contributed by atoms with Gasteiger partial charge in [0.05, 0.1) is 0 Å². The van der Waals surface area contributed by atoms with E-state index in [4.69, 9.17) is 0 Å². The summed E-state index contributed by atoms with van der Waals surface area (Å²) in [6.07, 6.45) is 0.703. The van der Waals surface area contributed by atoms with Gasteiger partial charge < -0.3 is 0 Å². The highest BCUT2D eigenvalue weighted by Gasteiger charge is 2.56. The molecule has 0 unspecified atom stereocenters. The molecule has 0 saturated heterocycles. The minimum absolute atomic E-state index is 0.196. The summed E-state index contributed by atoms with van der Waals surface area (Å²) in [4.78, 5) is 12.9. The maximum atomic E-state index is 12.9. The van der Waals surface area contributed by atoms with Crippen LogP contribution < -0.4 is 0 Å². The zero-order valence-corrected chi connectivity index (χ0v) is 13.3. The molecule has 1 nitrogen and oxygen atoms in total. The van der Waals surface area contributed by atoms with Crippen LogP contribution in [0.4, 0.5) is 0 Å². The maximum absolute atomic E-state index is 12.9. The molecule has 3 rings (SSSR count). The van der Waals surface area contributed by atoms with E-state index in [1.54, 1.807) is 0 Å². The first-order valence-electron chi connectivity index (χ1n) is 6.84. The standard InChI is InChI=1S/C18H17BrO/c1-17(2)15-11-7-6-10-14(15)16(20)18(17,19)12-13-8-4-3-5-9-13/h3-11H,12H2,1-2H3/t18-/m0/s1. The maximum Gasteiger partial charge on any atom is 0.181 e. The van der Waals surface area contributed by atoms with Gasteiger partial charge in [0, 0.05) is 11.0 Å². The molecule has 0 aliphatic heterocycles. The Morgan fingerprint density at radius 3 is 2.20 bits per heavy atom. The van der Waals surface area contributed by atoms with Crippen molar-refractivity contribution >= 4 is 21.7 Å². The third kappa shape index (κ3) is 1.78. The summed E-state index contributed by atoms with van der Waals surface area (Å²) in [6.45, 7) is 4.29. The van der Waals surface area contributed by atoms with Gasteiger partial charge in [-0.2, -0.15) is 0 Å². The van der Waals surface area contributed by atoms with Crippen LogP contribution in [0.3, 0.4) is 0 Å². The summed E-state index contributed by atoms with van der Waals surface area (Å²) in [5.74, 6) is 0.196. The average Bonchev–Trinajstić information content (AvgIpc) is 2.60. The summed E-state index contributed by atoms with van der Waals surface area (Å²) in [5, 5.41) is 0. The molecular formula is C18H17BrO. The third-order valence-corrected chi connectivity index (χ3v) is 6.12. The molecule has 102 valence electrons. The fraction of sp³-hybridized carbons (Fsp3) is 0.278. The summed E-state index contributed by atoms with van der Waals surface area (Å²) in [5.41, 5.74) is 2.94. The number of hydrogen-bond donors (Lipinski definition) is 0. The van der Waals surface area contributed by atoms with E-state index < -0.39 is 4.32 Å². The monoisotopic (exact) mass is 328 g/mol. The quantitative estimate of drug-likeness (QED) is 0.740. The van der Waals surface area contributed by atoms with Gasteiger partial charge in [-0.25, -0.2) is 0 Å². The van der Waals surface area contributed by atoms with Crippen LogP contribution in [0.25, 0.3) is 0 Å². The van der Waals surface area contributed by atoms with E-state index in [2.05, 4.69) is 48.0 Å². The molecule has 0 N–H and O–H groups in total. The Balaban J connectivity index is 2.09. The van der Waals surface area contributed by atoms with Crippen molar-refractivity contribution in [3.63, 3.8) is 0 Å². The number of ketones is 1. The fourth-order valence-electron chi connectivity index (χ4n) is 3.12. The molecule has 0 spiro atoms. The van der Waals surface area contributed by atoms with Crippen LogP contribution >= 0.6 is 15.9 Å². The molecular weight excluding hydrogens is 312 g/mol. The largest absolute Gasteiger partial charge is 0.293 e. The molecule has 1 aliphatic rings. The number of halogens is 1. The summed E-state index contributed by atoms with van der Waals surface area (Å²) in [6, 6.07) is 18.2. The lowest BCUT2D eigenvalue weighted by molar-refractivity contribution is 0.0933. The molecule has 0 fully saturated rings. The van der Waals surface area contributed by atoms with Crippen LogP contribution in [0.15, 0.2) is 54.6 Å². The van der Waals surface area contributed by atoms with Gasteiger partial charge in [0.15, 0.2) is 5.78 Å². The van der Waals surface area contributed by atoms with Crippen LogP contribution in [0.2, 0.25) is 0 Å². The number of carbonyl (C=O) groups excluding carboxylic acids is 1. The van der Waals surface area contributed by atoms with E-state index in [1.807, 2.05) is 36.4 Å². The molecule has 0 radical (unpaired) electrons. The molecule has 2 aromatic carbocycles. The lowest BCUT2D eigenvalue weighted by Gasteiger charge is -2.35. The predicted octanol–water partition coefficient (Wildman–Crippen LogP) is 4.54. The molecule has 0 bridgehead atoms. The number of benzene rings is 2. The van der Waals surface area contributed by atoms with E-state index in [1.165, 1.54) is 5.56 Å². The number of fused-ring (bicyclic) bond motifs is 1. The zero-order valence-electron chi connectivity index (χ0n) is 11.7. The first kappa shape index (κ1) is 13.6. The minimum atomic E-state index is -0.564. The highest BCUT2D eigenvalue weighted by atomic mass is 79.9. The third-order valence-electron chi connectivity index (χ3n) is 4.49. The lowest BCUT2D eigenvalue weighted by atomic mass is 9.75. The van der Waals surface area contributed by atoms with Crippen molar-refractivity contribution in [2.45, 2.75) is 30.0 Å². The van der Waals surface area contributed by atoms with Crippen molar-refractivity contribution in [3.8, 4) is 0 Å². The molecule has 1 aliphatic carbocycles. The number of alkyl halides is 1. The summed E-state index contributed by atoms with van der Waals surface area (Å²) in [7, 11) is 0. The Kier molecular flexibility index (Phi) is 3.09. The molecule has 0 amide bonds.